The molecule has 2 rings (SSSR count). The van der Waals surface area contributed by atoms with Crippen LogP contribution in [0.2, 0.25) is 0 Å². The van der Waals surface area contributed by atoms with Crippen molar-refractivity contribution in [2.45, 2.75) is 197 Å². The molecule has 10 N–H and O–H groups in total. The van der Waals surface area contributed by atoms with E-state index < -0.39 is 127 Å². The number of ether oxygens (including phenoxy) is 2. The van der Waals surface area contributed by atoms with Gasteiger partial charge in [-0.25, -0.2) is 9.13 Å². The highest BCUT2D eigenvalue weighted by molar-refractivity contribution is 7.47. The molecule has 0 saturated heterocycles. The molecule has 1 heterocycles. The van der Waals surface area contributed by atoms with Gasteiger partial charge in [0.05, 0.1) is 43.5 Å². The van der Waals surface area contributed by atoms with Gasteiger partial charge in [0.1, 0.15) is 31.0 Å². The van der Waals surface area contributed by atoms with Gasteiger partial charge in [-0.1, -0.05) is 114 Å². The SMILES string of the molecule is CCCCC/C=C\C/C=C\CCCCCCCC(=O)OC[C@@H]1COP(=O)(O)O[C@H]2[C@H](O)[C@@H](O)[C@H](O)[C@H](C/C=C\CC(=O)O1)[C@@H](O)C[C@@H](O)[C@H](/C=C\[C@H](O)CCCCC)[C@@H](O)[C@H]2OP(=O)(O)O. The van der Waals surface area contributed by atoms with Crippen LogP contribution in [0.1, 0.15) is 136 Å². The van der Waals surface area contributed by atoms with Gasteiger partial charge in [-0.15, -0.1) is 0 Å². The van der Waals surface area contributed by atoms with Gasteiger partial charge in [-0.05, 0) is 51.4 Å². The van der Waals surface area contributed by atoms with Crippen LogP contribution in [0.4, 0.5) is 0 Å². The Morgan fingerprint density at radius 2 is 1.48 bits per heavy atom. The fourth-order valence-corrected chi connectivity index (χ4v) is 9.20. The summed E-state index contributed by atoms with van der Waals surface area (Å²) in [7, 11) is -11.4. The first kappa shape index (κ1) is 60.0. The lowest BCUT2D eigenvalue weighted by Crippen LogP contribution is -2.56. The predicted octanol–water partition coefficient (Wildman–Crippen LogP) is 4.88. The van der Waals surface area contributed by atoms with Crippen molar-refractivity contribution in [3.63, 3.8) is 0 Å². The summed E-state index contributed by atoms with van der Waals surface area (Å²) < 4.78 is 51.7. The number of fused-ring (bicyclic) bond motifs is 4. The monoisotopic (exact) mass is 984 g/mol. The van der Waals surface area contributed by atoms with E-state index >= 15 is 0 Å². The highest BCUT2D eigenvalue weighted by Gasteiger charge is 2.51. The molecule has 0 amide bonds. The van der Waals surface area contributed by atoms with Gasteiger partial charge < -0.3 is 59.9 Å². The summed E-state index contributed by atoms with van der Waals surface area (Å²) in [6, 6.07) is 0. The second kappa shape index (κ2) is 32.6. The number of hydrogen-bond acceptors (Lipinski definition) is 16. The zero-order chi connectivity index (χ0) is 49.1. The largest absolute Gasteiger partial charge is 0.472 e. The van der Waals surface area contributed by atoms with Crippen molar-refractivity contribution in [2.75, 3.05) is 13.2 Å². The predicted molar refractivity (Wildman–Crippen MR) is 243 cm³/mol. The van der Waals surface area contributed by atoms with Crippen molar-refractivity contribution in [1.29, 1.82) is 0 Å². The summed E-state index contributed by atoms with van der Waals surface area (Å²) in [5.74, 6) is -4.75. The van der Waals surface area contributed by atoms with Crippen LogP contribution >= 0.6 is 15.6 Å². The molecule has 1 aliphatic heterocycles. The average molecular weight is 985 g/mol. The third-order valence-corrected chi connectivity index (χ3v) is 13.0. The van der Waals surface area contributed by atoms with Crippen LogP contribution in [0, 0.1) is 11.8 Å². The Hall–Kier alpha value is -2.16. The molecule has 0 radical (unpaired) electrons. The molecule has 0 aromatic rings. The van der Waals surface area contributed by atoms with E-state index in [1.54, 1.807) is 0 Å². The molecule has 66 heavy (non-hydrogen) atoms. The third kappa shape index (κ3) is 24.4. The minimum absolute atomic E-state index is 0.0309. The average Bonchev–Trinajstić information content (AvgIpc) is 3.25. The Kier molecular flexibility index (Phi) is 29.6. The summed E-state index contributed by atoms with van der Waals surface area (Å²) in [6.07, 6.45) is 4.32. The van der Waals surface area contributed by atoms with Crippen molar-refractivity contribution < 1.29 is 92.2 Å². The van der Waals surface area contributed by atoms with Crippen molar-refractivity contribution >= 4 is 27.6 Å². The number of hydrogen-bond donors (Lipinski definition) is 10. The quantitative estimate of drug-likeness (QED) is 0.0267. The highest BCUT2D eigenvalue weighted by Crippen LogP contribution is 2.49. The Bertz CT molecular complexity index is 1580. The van der Waals surface area contributed by atoms with E-state index in [4.69, 9.17) is 23.0 Å². The molecule has 0 aromatic heterocycles. The lowest BCUT2D eigenvalue weighted by Gasteiger charge is -2.38. The molecular weight excluding hydrogens is 906 g/mol. The highest BCUT2D eigenvalue weighted by atomic mass is 31.2. The van der Waals surface area contributed by atoms with Gasteiger partial charge in [0.25, 0.3) is 0 Å². The summed E-state index contributed by atoms with van der Waals surface area (Å²) in [5, 5.41) is 79.2. The molecular formula is C45H78O19P2. The second-order valence-corrected chi connectivity index (χ2v) is 19.7. The van der Waals surface area contributed by atoms with Gasteiger partial charge in [-0.2, -0.15) is 0 Å². The van der Waals surface area contributed by atoms with E-state index in [0.717, 1.165) is 63.9 Å². The van der Waals surface area contributed by atoms with E-state index in [0.29, 0.717) is 12.8 Å². The van der Waals surface area contributed by atoms with E-state index in [-0.39, 0.29) is 19.3 Å². The number of esters is 2. The first-order valence-electron chi connectivity index (χ1n) is 23.4. The number of allylic oxidation sites excluding steroid dienone is 5. The summed E-state index contributed by atoms with van der Waals surface area (Å²) >= 11 is 0. The van der Waals surface area contributed by atoms with Crippen LogP contribution in [0.15, 0.2) is 48.6 Å². The number of cyclic esters (lactones) is 1. The lowest BCUT2D eigenvalue weighted by molar-refractivity contribution is -0.165. The number of aliphatic hydroxyl groups is 7. The number of phosphoric acid groups is 2. The summed E-state index contributed by atoms with van der Waals surface area (Å²) in [4.78, 5) is 56.4. The molecule has 1 unspecified atom stereocenters. The van der Waals surface area contributed by atoms with Crippen molar-refractivity contribution in [2.24, 2.45) is 11.8 Å². The fourth-order valence-electron chi connectivity index (χ4n) is 7.67. The Morgan fingerprint density at radius 1 is 0.848 bits per heavy atom. The topological polar surface area (TPSA) is 317 Å². The molecule has 2 bridgehead atoms. The zero-order valence-corrected chi connectivity index (χ0v) is 40.2. The van der Waals surface area contributed by atoms with Crippen molar-refractivity contribution in [3.8, 4) is 0 Å². The minimum Gasteiger partial charge on any atom is -0.462 e. The summed E-state index contributed by atoms with van der Waals surface area (Å²) in [5.41, 5.74) is 0. The molecule has 0 spiro atoms. The van der Waals surface area contributed by atoms with Gasteiger partial charge >= 0.3 is 27.6 Å². The molecule has 2 aliphatic rings. The fraction of sp³-hybridized carbons (Fsp3) is 0.778. The first-order valence-corrected chi connectivity index (χ1v) is 26.5. The second-order valence-electron chi connectivity index (χ2n) is 17.1. The van der Waals surface area contributed by atoms with Crippen LogP contribution < -0.4 is 0 Å². The van der Waals surface area contributed by atoms with Crippen LogP contribution in [0.3, 0.4) is 0 Å². The molecule has 1 fully saturated rings. The first-order chi connectivity index (χ1) is 31.3. The zero-order valence-electron chi connectivity index (χ0n) is 38.4. The molecule has 0 aromatic carbocycles. The van der Waals surface area contributed by atoms with E-state index in [2.05, 4.69) is 31.2 Å². The van der Waals surface area contributed by atoms with Crippen LogP contribution in [0.25, 0.3) is 0 Å². The van der Waals surface area contributed by atoms with Gasteiger partial charge in [-0.3, -0.25) is 23.2 Å². The smallest absolute Gasteiger partial charge is 0.462 e. The normalized spacial score (nSPS) is 32.2. The molecule has 1 saturated carbocycles. The van der Waals surface area contributed by atoms with Crippen molar-refractivity contribution in [1.82, 2.24) is 0 Å². The summed E-state index contributed by atoms with van der Waals surface area (Å²) in [6.45, 7) is 2.50. The molecule has 382 valence electrons. The number of rotatable bonds is 24. The van der Waals surface area contributed by atoms with Gasteiger partial charge in [0.15, 0.2) is 6.10 Å². The number of carbonyl (C=O) groups is 2. The number of aliphatic hydroxyl groups excluding tert-OH is 7. The number of phosphoric ester groups is 2. The molecule has 1 aliphatic carbocycles. The van der Waals surface area contributed by atoms with E-state index in [9.17, 15) is 69.1 Å². The lowest BCUT2D eigenvalue weighted by atomic mass is 9.83. The number of carbonyl (C=O) groups excluding carboxylic acids is 2. The molecule has 13 atom stereocenters. The Labute approximate surface area is 389 Å². The number of unbranched alkanes of at least 4 members (excludes halogenated alkanes) is 10. The Balaban J connectivity index is 2.28. The van der Waals surface area contributed by atoms with Crippen LogP contribution in [-0.2, 0) is 41.8 Å². The maximum absolute atomic E-state index is 13.6. The Morgan fingerprint density at radius 3 is 2.15 bits per heavy atom. The molecule has 21 heteroatoms. The van der Waals surface area contributed by atoms with Crippen LogP contribution in [-0.4, -0.2) is 137 Å². The van der Waals surface area contributed by atoms with Crippen molar-refractivity contribution in [3.05, 3.63) is 48.6 Å². The van der Waals surface area contributed by atoms with Crippen LogP contribution in [0.5, 0.6) is 0 Å². The minimum atomic E-state index is -5.76. The molecule has 19 nitrogen and oxygen atoms in total. The van der Waals surface area contributed by atoms with Gasteiger partial charge in [0.2, 0.25) is 0 Å². The van der Waals surface area contributed by atoms with Gasteiger partial charge in [0, 0.05) is 24.7 Å². The van der Waals surface area contributed by atoms with E-state index in [1.165, 1.54) is 37.5 Å². The third-order valence-electron chi connectivity index (χ3n) is 11.5. The van der Waals surface area contributed by atoms with E-state index in [1.807, 2.05) is 6.92 Å². The maximum atomic E-state index is 13.6. The standard InChI is InChI=1S/C45H78O19P2/c1-3-5-7-8-9-10-11-12-13-14-15-16-17-18-20-25-38(49)60-30-33-31-61-66(58,59)64-45-43(54)42(53)40(51)34(24-21-22-26-39(50)62-33)36(47)29-37(48)35(28-27-32(46)23-19-6-4-2)41(52)44(45)63-65(55,56)57/h9-10,12-13,21-22,27-28,32-37,40-48,51-54H,3-8,11,14-20,23-26,29-31H2,1-2H3,(H,58,59)(H2,55,56,57)/b10-9-,13-12-,22-21-,28-27-/t32-,33-,34-,35+,36+,37-,40-,41-,42+,43-,44-,45+/m1/s1. The maximum Gasteiger partial charge on any atom is 0.472 e.